The number of rotatable bonds is 4. The van der Waals surface area contributed by atoms with Gasteiger partial charge in [-0.15, -0.1) is 0 Å². The third kappa shape index (κ3) is 5.07. The van der Waals surface area contributed by atoms with Crippen LogP contribution in [0.25, 0.3) is 0 Å². The van der Waals surface area contributed by atoms with Gasteiger partial charge in [-0.1, -0.05) is 40.0 Å². The van der Waals surface area contributed by atoms with E-state index in [1.807, 2.05) is 0 Å². The lowest BCUT2D eigenvalue weighted by Crippen LogP contribution is -2.40. The summed E-state index contributed by atoms with van der Waals surface area (Å²) in [6, 6.07) is 0. The highest BCUT2D eigenvalue weighted by molar-refractivity contribution is 5.76. The topological polar surface area (TPSA) is 55.1 Å². The number of hydrogen-bond acceptors (Lipinski definition) is 2. The van der Waals surface area contributed by atoms with Gasteiger partial charge in [-0.3, -0.25) is 4.79 Å². The molecule has 0 radical (unpaired) electrons. The molecule has 100 valence electrons. The Morgan fingerprint density at radius 1 is 1.24 bits per heavy atom. The molecule has 0 aliphatic heterocycles. The molecule has 1 aliphatic carbocycles. The summed E-state index contributed by atoms with van der Waals surface area (Å²) >= 11 is 0. The highest BCUT2D eigenvalue weighted by atomic mass is 16.1. The van der Waals surface area contributed by atoms with Crippen molar-refractivity contribution in [3.63, 3.8) is 0 Å². The van der Waals surface area contributed by atoms with Crippen molar-refractivity contribution in [1.29, 1.82) is 0 Å². The molecule has 1 rings (SSSR count). The summed E-state index contributed by atoms with van der Waals surface area (Å²) < 4.78 is 0. The van der Waals surface area contributed by atoms with Crippen molar-refractivity contribution in [3.05, 3.63) is 0 Å². The molecule has 0 atom stereocenters. The second kappa shape index (κ2) is 5.85. The zero-order chi connectivity index (χ0) is 12.9. The van der Waals surface area contributed by atoms with Crippen LogP contribution in [0, 0.1) is 10.8 Å². The molecular weight excluding hydrogens is 212 g/mol. The first-order valence-electron chi connectivity index (χ1n) is 6.84. The molecule has 17 heavy (non-hydrogen) atoms. The van der Waals surface area contributed by atoms with Crippen LogP contribution in [-0.2, 0) is 4.79 Å². The minimum Gasteiger partial charge on any atom is -0.356 e. The molecule has 0 spiro atoms. The SMILES string of the molecule is CC(C)(C)CNC(=O)CC1(CN)CCCCC1. The maximum absolute atomic E-state index is 12.0. The Bertz CT molecular complexity index is 249. The molecule has 0 unspecified atom stereocenters. The van der Waals surface area contributed by atoms with E-state index in [0.29, 0.717) is 13.0 Å². The number of nitrogens with one attached hydrogen (secondary N) is 1. The molecule has 3 nitrogen and oxygen atoms in total. The average molecular weight is 240 g/mol. The van der Waals surface area contributed by atoms with E-state index in [4.69, 9.17) is 5.73 Å². The first-order valence-corrected chi connectivity index (χ1v) is 6.84. The van der Waals surface area contributed by atoms with Gasteiger partial charge in [-0.05, 0) is 30.2 Å². The maximum atomic E-state index is 12.0. The maximum Gasteiger partial charge on any atom is 0.220 e. The molecule has 1 aliphatic rings. The standard InChI is InChI=1S/C14H28N2O/c1-13(2,3)11-16-12(17)9-14(10-15)7-5-4-6-8-14/h4-11,15H2,1-3H3,(H,16,17). The van der Waals surface area contributed by atoms with Crippen LogP contribution < -0.4 is 11.1 Å². The molecule has 0 bridgehead atoms. The van der Waals surface area contributed by atoms with Gasteiger partial charge in [0.2, 0.25) is 5.91 Å². The van der Waals surface area contributed by atoms with Crippen LogP contribution in [0.3, 0.4) is 0 Å². The number of hydrogen-bond donors (Lipinski definition) is 2. The fraction of sp³-hybridized carbons (Fsp3) is 0.929. The average Bonchev–Trinajstić information content (AvgIpc) is 2.27. The molecule has 0 aromatic rings. The van der Waals surface area contributed by atoms with E-state index in [1.54, 1.807) is 0 Å². The lowest BCUT2D eigenvalue weighted by molar-refractivity contribution is -0.124. The molecule has 1 saturated carbocycles. The van der Waals surface area contributed by atoms with Gasteiger partial charge < -0.3 is 11.1 Å². The Labute approximate surface area is 106 Å². The van der Waals surface area contributed by atoms with Gasteiger partial charge in [0.25, 0.3) is 0 Å². The van der Waals surface area contributed by atoms with Crippen LogP contribution in [0.1, 0.15) is 59.3 Å². The number of amides is 1. The summed E-state index contributed by atoms with van der Waals surface area (Å²) in [6.45, 7) is 7.79. The van der Waals surface area contributed by atoms with E-state index in [0.717, 1.165) is 19.4 Å². The van der Waals surface area contributed by atoms with Crippen LogP contribution >= 0.6 is 0 Å². The Morgan fingerprint density at radius 2 is 1.82 bits per heavy atom. The normalized spacial score (nSPS) is 20.0. The third-order valence-corrected chi connectivity index (χ3v) is 3.70. The summed E-state index contributed by atoms with van der Waals surface area (Å²) in [5.74, 6) is 0.173. The number of carbonyl (C=O) groups is 1. The van der Waals surface area contributed by atoms with Crippen LogP contribution in [0.4, 0.5) is 0 Å². The summed E-state index contributed by atoms with van der Waals surface area (Å²) in [7, 11) is 0. The second-order valence-corrected chi connectivity index (χ2v) is 6.78. The number of nitrogens with two attached hydrogens (primary N) is 1. The van der Waals surface area contributed by atoms with Crippen molar-refractivity contribution in [2.24, 2.45) is 16.6 Å². The zero-order valence-electron chi connectivity index (χ0n) is 11.6. The lowest BCUT2D eigenvalue weighted by atomic mass is 9.71. The Morgan fingerprint density at radius 3 is 2.29 bits per heavy atom. The first-order chi connectivity index (χ1) is 7.87. The van der Waals surface area contributed by atoms with Crippen LogP contribution in [0.15, 0.2) is 0 Å². The first kappa shape index (κ1) is 14.5. The van der Waals surface area contributed by atoms with Crippen LogP contribution in [0.2, 0.25) is 0 Å². The second-order valence-electron chi connectivity index (χ2n) is 6.78. The third-order valence-electron chi connectivity index (χ3n) is 3.70. The fourth-order valence-electron chi connectivity index (χ4n) is 2.52. The molecule has 0 saturated heterocycles. The zero-order valence-corrected chi connectivity index (χ0v) is 11.6. The van der Waals surface area contributed by atoms with Crippen molar-refractivity contribution in [3.8, 4) is 0 Å². The van der Waals surface area contributed by atoms with Gasteiger partial charge in [0.05, 0.1) is 0 Å². The fourth-order valence-corrected chi connectivity index (χ4v) is 2.52. The Balaban J connectivity index is 2.42. The van der Waals surface area contributed by atoms with E-state index in [9.17, 15) is 4.79 Å². The van der Waals surface area contributed by atoms with Gasteiger partial charge in [-0.2, -0.15) is 0 Å². The van der Waals surface area contributed by atoms with E-state index in [2.05, 4.69) is 26.1 Å². The minimum atomic E-state index is 0.0835. The van der Waals surface area contributed by atoms with Gasteiger partial charge >= 0.3 is 0 Å². The van der Waals surface area contributed by atoms with E-state index in [-0.39, 0.29) is 16.7 Å². The highest BCUT2D eigenvalue weighted by Crippen LogP contribution is 2.38. The molecule has 1 fully saturated rings. The van der Waals surface area contributed by atoms with Crippen LogP contribution in [0.5, 0.6) is 0 Å². The van der Waals surface area contributed by atoms with Crippen molar-refractivity contribution in [2.45, 2.75) is 59.3 Å². The van der Waals surface area contributed by atoms with Gasteiger partial charge in [0.1, 0.15) is 0 Å². The monoisotopic (exact) mass is 240 g/mol. The van der Waals surface area contributed by atoms with Gasteiger partial charge in [0.15, 0.2) is 0 Å². The van der Waals surface area contributed by atoms with Gasteiger partial charge in [0, 0.05) is 13.0 Å². The molecule has 0 aromatic heterocycles. The Kier molecular flexibility index (Phi) is 4.99. The van der Waals surface area contributed by atoms with E-state index < -0.39 is 0 Å². The van der Waals surface area contributed by atoms with Crippen molar-refractivity contribution >= 4 is 5.91 Å². The predicted octanol–water partition coefficient (Wildman–Crippen LogP) is 2.45. The largest absolute Gasteiger partial charge is 0.356 e. The minimum absolute atomic E-state index is 0.0835. The number of carbonyl (C=O) groups excluding carboxylic acids is 1. The van der Waals surface area contributed by atoms with Crippen molar-refractivity contribution in [1.82, 2.24) is 5.32 Å². The summed E-state index contributed by atoms with van der Waals surface area (Å²) in [5.41, 5.74) is 6.12. The lowest BCUT2D eigenvalue weighted by Gasteiger charge is -2.36. The molecule has 0 heterocycles. The van der Waals surface area contributed by atoms with Gasteiger partial charge in [-0.25, -0.2) is 0 Å². The van der Waals surface area contributed by atoms with Crippen molar-refractivity contribution < 1.29 is 4.79 Å². The molecule has 3 N–H and O–H groups in total. The predicted molar refractivity (Wildman–Crippen MR) is 71.7 cm³/mol. The molecular formula is C14H28N2O. The van der Waals surface area contributed by atoms with E-state index in [1.165, 1.54) is 19.3 Å². The summed E-state index contributed by atoms with van der Waals surface area (Å²) in [5, 5.41) is 3.03. The Hall–Kier alpha value is -0.570. The van der Waals surface area contributed by atoms with Crippen LogP contribution in [-0.4, -0.2) is 19.0 Å². The van der Waals surface area contributed by atoms with Crippen molar-refractivity contribution in [2.75, 3.05) is 13.1 Å². The summed E-state index contributed by atoms with van der Waals surface area (Å²) in [4.78, 5) is 12.0. The molecule has 3 heteroatoms. The quantitative estimate of drug-likeness (QED) is 0.793. The summed E-state index contributed by atoms with van der Waals surface area (Å²) in [6.07, 6.45) is 6.59. The highest BCUT2D eigenvalue weighted by Gasteiger charge is 2.33. The molecule has 0 aromatic carbocycles. The smallest absolute Gasteiger partial charge is 0.220 e. The molecule has 1 amide bonds. The van der Waals surface area contributed by atoms with E-state index >= 15 is 0 Å².